The van der Waals surface area contributed by atoms with Gasteiger partial charge >= 0.3 is 5.69 Å². The van der Waals surface area contributed by atoms with E-state index in [1.54, 1.807) is 16.2 Å². The molecule has 2 heterocycles. The Kier molecular flexibility index (Phi) is 4.10. The highest BCUT2D eigenvalue weighted by atomic mass is 16.1. The van der Waals surface area contributed by atoms with Crippen LogP contribution in [0.25, 0.3) is 11.0 Å². The van der Waals surface area contributed by atoms with Gasteiger partial charge in [-0.3, -0.25) is 9.13 Å². The highest BCUT2D eigenvalue weighted by Gasteiger charge is 2.19. The molecular weight excluding hydrogens is 276 g/mol. The summed E-state index contributed by atoms with van der Waals surface area (Å²) in [5.74, 6) is 0.836. The number of hydrogen-bond acceptors (Lipinski definition) is 3. The van der Waals surface area contributed by atoms with Crippen LogP contribution in [0.15, 0.2) is 23.0 Å². The molecule has 1 saturated heterocycles. The first-order valence-corrected chi connectivity index (χ1v) is 8.10. The monoisotopic (exact) mass is 302 g/mol. The fraction of sp³-hybridized carbons (Fsp3) is 0.588. The number of imidazole rings is 1. The average molecular weight is 302 g/mol. The van der Waals surface area contributed by atoms with Crippen LogP contribution in [0, 0.1) is 5.92 Å². The Morgan fingerprint density at radius 2 is 1.82 bits per heavy atom. The lowest BCUT2D eigenvalue weighted by atomic mass is 9.98. The predicted molar refractivity (Wildman–Crippen MR) is 89.9 cm³/mol. The zero-order valence-electron chi connectivity index (χ0n) is 13.7. The van der Waals surface area contributed by atoms with Crippen molar-refractivity contribution in [2.45, 2.75) is 25.8 Å². The summed E-state index contributed by atoms with van der Waals surface area (Å²) in [6.07, 6.45) is 2.53. The van der Waals surface area contributed by atoms with E-state index in [1.165, 1.54) is 12.8 Å². The predicted octanol–water partition coefficient (Wildman–Crippen LogP) is 1.61. The topological polar surface area (TPSA) is 56.2 Å². The van der Waals surface area contributed by atoms with Gasteiger partial charge in [0.2, 0.25) is 0 Å². The first-order chi connectivity index (χ1) is 10.5. The summed E-state index contributed by atoms with van der Waals surface area (Å²) in [6.45, 7) is 5.49. The molecular formula is C17H26N4O. The van der Waals surface area contributed by atoms with Gasteiger partial charge in [-0.25, -0.2) is 4.79 Å². The first-order valence-electron chi connectivity index (χ1n) is 8.10. The maximum atomic E-state index is 12.0. The maximum absolute atomic E-state index is 12.0. The van der Waals surface area contributed by atoms with Gasteiger partial charge in [0.1, 0.15) is 0 Å². The molecule has 1 fully saturated rings. The molecule has 1 aromatic heterocycles. The second-order valence-electron chi connectivity index (χ2n) is 6.74. The molecule has 5 heteroatoms. The maximum Gasteiger partial charge on any atom is 0.328 e. The molecule has 0 aliphatic carbocycles. The summed E-state index contributed by atoms with van der Waals surface area (Å²) in [7, 11) is 3.62. The molecule has 1 aliphatic rings. The van der Waals surface area contributed by atoms with E-state index in [9.17, 15) is 4.79 Å². The Hall–Kier alpha value is -1.59. The first kappa shape index (κ1) is 15.3. The van der Waals surface area contributed by atoms with Crippen molar-refractivity contribution < 1.29 is 0 Å². The Labute approximate surface area is 131 Å². The van der Waals surface area contributed by atoms with Crippen molar-refractivity contribution in [2.75, 3.05) is 19.6 Å². The largest absolute Gasteiger partial charge is 0.328 e. The zero-order chi connectivity index (χ0) is 15.9. The molecule has 0 radical (unpaired) electrons. The third-order valence-corrected chi connectivity index (χ3v) is 5.06. The number of likely N-dealkylation sites (tertiary alicyclic amines) is 1. The van der Waals surface area contributed by atoms with Crippen LogP contribution < -0.4 is 11.4 Å². The van der Waals surface area contributed by atoms with Gasteiger partial charge in [0.15, 0.2) is 0 Å². The highest BCUT2D eigenvalue weighted by molar-refractivity contribution is 5.77. The van der Waals surface area contributed by atoms with Crippen LogP contribution in [-0.4, -0.2) is 33.7 Å². The fourth-order valence-electron chi connectivity index (χ4n) is 3.38. The molecule has 0 bridgehead atoms. The molecule has 1 aliphatic heterocycles. The van der Waals surface area contributed by atoms with Gasteiger partial charge in [-0.1, -0.05) is 13.0 Å². The van der Waals surface area contributed by atoms with E-state index in [1.807, 2.05) is 13.1 Å². The van der Waals surface area contributed by atoms with E-state index in [0.717, 1.165) is 42.1 Å². The van der Waals surface area contributed by atoms with Gasteiger partial charge in [-0.15, -0.1) is 0 Å². The molecule has 5 nitrogen and oxygen atoms in total. The van der Waals surface area contributed by atoms with Gasteiger partial charge in [0, 0.05) is 26.7 Å². The third kappa shape index (κ3) is 2.71. The van der Waals surface area contributed by atoms with Crippen LogP contribution in [-0.2, 0) is 14.1 Å². The van der Waals surface area contributed by atoms with Gasteiger partial charge in [-0.2, -0.15) is 0 Å². The van der Waals surface area contributed by atoms with Crippen molar-refractivity contribution in [2.24, 2.45) is 25.7 Å². The molecule has 120 valence electrons. The highest BCUT2D eigenvalue weighted by Crippen LogP contribution is 2.21. The van der Waals surface area contributed by atoms with Gasteiger partial charge in [0.25, 0.3) is 0 Å². The standard InChI is InChI=1S/C17H26N4O/c1-12-6-8-21(9-7-12)11-14(18)13-4-5-15-16(10-13)20(3)17(22)19(15)2/h4-5,10,12,14H,6-9,11,18H2,1-3H3. The number of fused-ring (bicyclic) bond motifs is 1. The van der Waals surface area contributed by atoms with Crippen molar-refractivity contribution in [1.29, 1.82) is 0 Å². The second-order valence-corrected chi connectivity index (χ2v) is 6.74. The number of aryl methyl sites for hydroxylation is 2. The minimum Gasteiger partial charge on any atom is -0.323 e. The number of benzene rings is 1. The third-order valence-electron chi connectivity index (χ3n) is 5.06. The number of aromatic nitrogens is 2. The average Bonchev–Trinajstić information content (AvgIpc) is 2.74. The number of nitrogens with two attached hydrogens (primary N) is 1. The molecule has 3 rings (SSSR count). The molecule has 1 atom stereocenters. The van der Waals surface area contributed by atoms with E-state index in [4.69, 9.17) is 5.73 Å². The number of piperidine rings is 1. The van der Waals surface area contributed by atoms with Crippen LogP contribution >= 0.6 is 0 Å². The van der Waals surface area contributed by atoms with Crippen LogP contribution in [0.1, 0.15) is 31.4 Å². The van der Waals surface area contributed by atoms with Crippen LogP contribution in [0.2, 0.25) is 0 Å². The second kappa shape index (κ2) is 5.89. The quantitative estimate of drug-likeness (QED) is 0.937. The molecule has 0 saturated carbocycles. The van der Waals surface area contributed by atoms with Gasteiger partial charge in [0.05, 0.1) is 11.0 Å². The van der Waals surface area contributed by atoms with E-state index in [-0.39, 0.29) is 11.7 Å². The molecule has 2 aromatic rings. The van der Waals surface area contributed by atoms with E-state index in [0.29, 0.717) is 0 Å². The zero-order valence-corrected chi connectivity index (χ0v) is 13.7. The van der Waals surface area contributed by atoms with E-state index in [2.05, 4.69) is 24.0 Å². The Balaban J connectivity index is 1.81. The lowest BCUT2D eigenvalue weighted by Crippen LogP contribution is -2.38. The van der Waals surface area contributed by atoms with Crippen molar-refractivity contribution in [3.63, 3.8) is 0 Å². The molecule has 1 unspecified atom stereocenters. The number of rotatable bonds is 3. The van der Waals surface area contributed by atoms with Crippen molar-refractivity contribution >= 4 is 11.0 Å². The Morgan fingerprint density at radius 3 is 2.50 bits per heavy atom. The Bertz CT molecular complexity index is 722. The minimum absolute atomic E-state index is 0.00531. The Morgan fingerprint density at radius 1 is 1.18 bits per heavy atom. The lowest BCUT2D eigenvalue weighted by molar-refractivity contribution is 0.183. The number of nitrogens with zero attached hydrogens (tertiary/aromatic N) is 3. The van der Waals surface area contributed by atoms with Gasteiger partial charge < -0.3 is 10.6 Å². The van der Waals surface area contributed by atoms with Crippen LogP contribution in [0.4, 0.5) is 0 Å². The molecule has 0 amide bonds. The summed E-state index contributed by atoms with van der Waals surface area (Å²) in [4.78, 5) is 14.5. The molecule has 1 aromatic carbocycles. The summed E-state index contributed by atoms with van der Waals surface area (Å²) >= 11 is 0. The molecule has 0 spiro atoms. The van der Waals surface area contributed by atoms with Crippen LogP contribution in [0.3, 0.4) is 0 Å². The smallest absolute Gasteiger partial charge is 0.323 e. The SMILES string of the molecule is CC1CCN(CC(N)c2ccc3c(c2)n(C)c(=O)n3C)CC1. The summed E-state index contributed by atoms with van der Waals surface area (Å²) in [5.41, 5.74) is 9.43. The van der Waals surface area contributed by atoms with E-state index >= 15 is 0 Å². The van der Waals surface area contributed by atoms with Crippen LogP contribution in [0.5, 0.6) is 0 Å². The summed E-state index contributed by atoms with van der Waals surface area (Å²) in [6, 6.07) is 6.12. The minimum atomic E-state index is -0.00638. The number of hydrogen-bond donors (Lipinski definition) is 1. The van der Waals surface area contributed by atoms with Crippen molar-refractivity contribution in [3.8, 4) is 0 Å². The molecule has 2 N–H and O–H groups in total. The van der Waals surface area contributed by atoms with Crippen molar-refractivity contribution in [1.82, 2.24) is 14.0 Å². The van der Waals surface area contributed by atoms with Gasteiger partial charge in [-0.05, 0) is 49.5 Å². The van der Waals surface area contributed by atoms with Crippen molar-refractivity contribution in [3.05, 3.63) is 34.2 Å². The lowest BCUT2D eigenvalue weighted by Gasteiger charge is -2.32. The van der Waals surface area contributed by atoms with E-state index < -0.39 is 0 Å². The fourth-order valence-corrected chi connectivity index (χ4v) is 3.38. The summed E-state index contributed by atoms with van der Waals surface area (Å²) < 4.78 is 3.37. The normalized spacial score (nSPS) is 18.9. The molecule has 22 heavy (non-hydrogen) atoms. The summed E-state index contributed by atoms with van der Waals surface area (Å²) in [5, 5.41) is 0.